The van der Waals surface area contributed by atoms with Crippen LogP contribution >= 0.6 is 22.7 Å². The minimum Gasteiger partial charge on any atom is -0.440 e. The zero-order valence-corrected chi connectivity index (χ0v) is 18.8. The number of oxazole rings is 1. The fraction of sp³-hybridized carbons (Fsp3) is 0.409. The van der Waals surface area contributed by atoms with Crippen LogP contribution in [0.3, 0.4) is 0 Å². The van der Waals surface area contributed by atoms with Gasteiger partial charge in [0, 0.05) is 26.2 Å². The monoisotopic (exact) mass is 440 g/mol. The molecule has 156 valence electrons. The van der Waals surface area contributed by atoms with Crippen LogP contribution in [-0.2, 0) is 0 Å². The predicted octanol–water partition coefficient (Wildman–Crippen LogP) is 5.37. The molecule has 0 aliphatic carbocycles. The fourth-order valence-electron chi connectivity index (χ4n) is 4.04. The number of thiophene rings is 1. The normalized spacial score (nSPS) is 17.1. The molecule has 1 aromatic carbocycles. The van der Waals surface area contributed by atoms with E-state index in [1.165, 1.54) is 11.3 Å². The number of rotatable bonds is 5. The van der Waals surface area contributed by atoms with Crippen molar-refractivity contribution >= 4 is 54.3 Å². The third-order valence-electron chi connectivity index (χ3n) is 5.69. The number of carbonyl (C=O) groups excluding carboxylic acids is 1. The Morgan fingerprint density at radius 1 is 1.23 bits per heavy atom. The van der Waals surface area contributed by atoms with E-state index in [1.807, 2.05) is 35.2 Å². The topological polar surface area (TPSA) is 62.5 Å². The van der Waals surface area contributed by atoms with Gasteiger partial charge in [0.25, 0.3) is 5.91 Å². The summed E-state index contributed by atoms with van der Waals surface area (Å²) in [5, 5.41) is 1.04. The molecular formula is C22H24N4O2S2. The van der Waals surface area contributed by atoms with Crippen LogP contribution in [0.1, 0.15) is 48.2 Å². The van der Waals surface area contributed by atoms with E-state index in [9.17, 15) is 4.79 Å². The van der Waals surface area contributed by atoms with Gasteiger partial charge in [-0.25, -0.2) is 9.97 Å². The highest BCUT2D eigenvalue weighted by Gasteiger charge is 2.29. The van der Waals surface area contributed by atoms with Crippen LogP contribution < -0.4 is 4.90 Å². The van der Waals surface area contributed by atoms with Crippen molar-refractivity contribution in [2.45, 2.75) is 32.6 Å². The Morgan fingerprint density at radius 3 is 2.83 bits per heavy atom. The lowest BCUT2D eigenvalue weighted by Gasteiger charge is -2.30. The zero-order chi connectivity index (χ0) is 20.7. The van der Waals surface area contributed by atoms with Gasteiger partial charge in [-0.3, -0.25) is 4.79 Å². The van der Waals surface area contributed by atoms with E-state index >= 15 is 0 Å². The van der Waals surface area contributed by atoms with Crippen LogP contribution in [0, 0.1) is 0 Å². The number of anilines is 1. The molecule has 0 N–H and O–H groups in total. The average Bonchev–Trinajstić information content (AvgIpc) is 3.47. The van der Waals surface area contributed by atoms with Crippen molar-refractivity contribution in [2.24, 2.45) is 0 Å². The molecule has 30 heavy (non-hydrogen) atoms. The van der Waals surface area contributed by atoms with E-state index < -0.39 is 0 Å². The highest BCUT2D eigenvalue weighted by molar-refractivity contribution is 7.29. The van der Waals surface area contributed by atoms with Crippen molar-refractivity contribution < 1.29 is 9.21 Å². The summed E-state index contributed by atoms with van der Waals surface area (Å²) >= 11 is 3.17. The molecule has 3 aromatic heterocycles. The largest absolute Gasteiger partial charge is 0.440 e. The molecule has 1 saturated heterocycles. The SMILES string of the molecule is CCN(CC)c1nc2sc(C(=O)N3CCCC(c4nc5ccccc5o4)C3)cc2s1. The summed E-state index contributed by atoms with van der Waals surface area (Å²) in [4.78, 5) is 28.5. The van der Waals surface area contributed by atoms with Crippen molar-refractivity contribution in [1.29, 1.82) is 0 Å². The molecule has 1 atom stereocenters. The highest BCUT2D eigenvalue weighted by atomic mass is 32.1. The molecule has 0 radical (unpaired) electrons. The Morgan fingerprint density at radius 2 is 2.07 bits per heavy atom. The second kappa shape index (κ2) is 8.00. The standard InChI is InChI=1S/C22H24N4O2S2/c1-3-25(4-2)22-24-20-17(30-22)12-18(29-20)21(27)26-11-7-8-14(13-26)19-23-15-9-5-6-10-16(15)28-19/h5-6,9-10,12,14H,3-4,7-8,11,13H2,1-2H3. The zero-order valence-electron chi connectivity index (χ0n) is 17.1. The number of amides is 1. The number of benzene rings is 1. The van der Waals surface area contributed by atoms with E-state index in [-0.39, 0.29) is 11.8 Å². The quantitative estimate of drug-likeness (QED) is 0.418. The second-order valence-electron chi connectivity index (χ2n) is 7.56. The number of aromatic nitrogens is 2. The molecule has 6 nitrogen and oxygen atoms in total. The number of carbonyl (C=O) groups is 1. The molecule has 1 aliphatic rings. The summed E-state index contributed by atoms with van der Waals surface area (Å²) < 4.78 is 7.07. The van der Waals surface area contributed by atoms with Crippen LogP contribution in [0.25, 0.3) is 20.6 Å². The van der Waals surface area contributed by atoms with Gasteiger partial charge < -0.3 is 14.2 Å². The number of thiazole rings is 1. The van der Waals surface area contributed by atoms with Gasteiger partial charge in [0.2, 0.25) is 0 Å². The summed E-state index contributed by atoms with van der Waals surface area (Å²) in [5.41, 5.74) is 1.69. The predicted molar refractivity (Wildman–Crippen MR) is 123 cm³/mol. The first-order chi connectivity index (χ1) is 14.7. The molecule has 1 amide bonds. The molecule has 0 bridgehead atoms. The van der Waals surface area contributed by atoms with Crippen LogP contribution in [0.5, 0.6) is 0 Å². The Balaban J connectivity index is 1.34. The summed E-state index contributed by atoms with van der Waals surface area (Å²) in [5.74, 6) is 0.977. The lowest BCUT2D eigenvalue weighted by atomic mass is 9.98. The van der Waals surface area contributed by atoms with Crippen LogP contribution in [-0.4, -0.2) is 47.0 Å². The minimum atomic E-state index is 0.0930. The van der Waals surface area contributed by atoms with E-state index in [0.29, 0.717) is 6.54 Å². The van der Waals surface area contributed by atoms with Gasteiger partial charge in [0.15, 0.2) is 16.6 Å². The van der Waals surface area contributed by atoms with Gasteiger partial charge in [-0.1, -0.05) is 23.5 Å². The van der Waals surface area contributed by atoms with Crippen LogP contribution in [0.15, 0.2) is 34.7 Å². The molecule has 4 heterocycles. The maximum Gasteiger partial charge on any atom is 0.264 e. The first kappa shape index (κ1) is 19.5. The van der Waals surface area contributed by atoms with Crippen molar-refractivity contribution in [2.75, 3.05) is 31.1 Å². The van der Waals surface area contributed by atoms with Crippen molar-refractivity contribution in [1.82, 2.24) is 14.9 Å². The Hall–Kier alpha value is -2.45. The maximum absolute atomic E-state index is 13.2. The lowest BCUT2D eigenvalue weighted by molar-refractivity contribution is 0.0704. The molecule has 1 fully saturated rings. The van der Waals surface area contributed by atoms with Gasteiger partial charge in [-0.15, -0.1) is 11.3 Å². The Kier molecular flexibility index (Phi) is 5.20. The van der Waals surface area contributed by atoms with Gasteiger partial charge in [-0.2, -0.15) is 0 Å². The molecule has 5 rings (SSSR count). The number of nitrogens with zero attached hydrogens (tertiary/aromatic N) is 4. The number of hydrogen-bond acceptors (Lipinski definition) is 7. The first-order valence-electron chi connectivity index (χ1n) is 10.5. The van der Waals surface area contributed by atoms with Crippen LogP contribution in [0.4, 0.5) is 5.13 Å². The molecule has 8 heteroatoms. The average molecular weight is 441 g/mol. The Bertz CT molecular complexity index is 1130. The number of piperidine rings is 1. The molecule has 0 spiro atoms. The first-order valence-corrected chi connectivity index (χ1v) is 12.1. The molecule has 1 unspecified atom stereocenters. The van der Waals surface area contributed by atoms with Gasteiger partial charge in [0.05, 0.1) is 15.5 Å². The Labute approximate surface area is 183 Å². The molecule has 4 aromatic rings. The maximum atomic E-state index is 13.2. The minimum absolute atomic E-state index is 0.0930. The van der Waals surface area contributed by atoms with Crippen molar-refractivity contribution in [3.63, 3.8) is 0 Å². The van der Waals surface area contributed by atoms with Gasteiger partial charge >= 0.3 is 0 Å². The van der Waals surface area contributed by atoms with E-state index in [2.05, 4.69) is 23.7 Å². The lowest BCUT2D eigenvalue weighted by Crippen LogP contribution is -2.38. The van der Waals surface area contributed by atoms with Gasteiger partial charge in [-0.05, 0) is 44.9 Å². The third-order valence-corrected chi connectivity index (χ3v) is 7.90. The summed E-state index contributed by atoms with van der Waals surface area (Å²) in [6.45, 7) is 7.58. The van der Waals surface area contributed by atoms with Gasteiger partial charge in [0.1, 0.15) is 10.3 Å². The van der Waals surface area contributed by atoms with Crippen molar-refractivity contribution in [3.8, 4) is 0 Å². The number of para-hydroxylation sites is 2. The smallest absolute Gasteiger partial charge is 0.264 e. The summed E-state index contributed by atoms with van der Waals surface area (Å²) in [6.07, 6.45) is 1.95. The highest BCUT2D eigenvalue weighted by Crippen LogP contribution is 2.36. The molecule has 0 saturated carbocycles. The molecular weight excluding hydrogens is 416 g/mol. The summed E-state index contributed by atoms with van der Waals surface area (Å²) in [7, 11) is 0. The van der Waals surface area contributed by atoms with E-state index in [4.69, 9.17) is 9.40 Å². The van der Waals surface area contributed by atoms with Crippen LogP contribution in [0.2, 0.25) is 0 Å². The second-order valence-corrected chi connectivity index (χ2v) is 9.60. The van der Waals surface area contributed by atoms with E-state index in [1.54, 1.807) is 11.3 Å². The third kappa shape index (κ3) is 3.48. The number of fused-ring (bicyclic) bond motifs is 2. The molecule has 1 aliphatic heterocycles. The number of likely N-dealkylation sites (tertiary alicyclic amines) is 1. The fourth-order valence-corrected chi connectivity index (χ4v) is 6.35. The number of hydrogen-bond donors (Lipinski definition) is 0. The summed E-state index contributed by atoms with van der Waals surface area (Å²) in [6, 6.07) is 9.83. The van der Waals surface area contributed by atoms with Crippen molar-refractivity contribution in [3.05, 3.63) is 41.1 Å². The van der Waals surface area contributed by atoms with E-state index in [0.717, 1.165) is 69.0 Å².